The molecule has 0 spiro atoms. The number of rotatable bonds is 9. The Labute approximate surface area is 156 Å². The zero-order valence-corrected chi connectivity index (χ0v) is 16.7. The van der Waals surface area contributed by atoms with E-state index in [9.17, 15) is 13.0 Å². The maximum atomic E-state index is 11.6. The van der Waals surface area contributed by atoms with Crippen LogP contribution in [0, 0.1) is 11.8 Å². The van der Waals surface area contributed by atoms with Crippen LogP contribution in [-0.4, -0.2) is 26.2 Å². The molecular formula is C20H28O5S. The monoisotopic (exact) mass is 380 g/mol. The lowest BCUT2D eigenvalue weighted by Gasteiger charge is -2.14. The van der Waals surface area contributed by atoms with Gasteiger partial charge in [0.1, 0.15) is 11.5 Å². The lowest BCUT2D eigenvalue weighted by molar-refractivity contribution is 0.287. The number of fused-ring (bicyclic) bond motifs is 1. The van der Waals surface area contributed by atoms with Crippen LogP contribution in [0.15, 0.2) is 35.2 Å². The van der Waals surface area contributed by atoms with Gasteiger partial charge in [0, 0.05) is 11.5 Å². The molecule has 0 fully saturated rings. The first-order valence-electron chi connectivity index (χ1n) is 8.97. The zero-order chi connectivity index (χ0) is 19.3. The minimum absolute atomic E-state index is 0.168. The average Bonchev–Trinajstić information content (AvgIpc) is 2.53. The lowest BCUT2D eigenvalue weighted by atomic mass is 10.1. The first-order chi connectivity index (χ1) is 12.2. The van der Waals surface area contributed by atoms with Crippen molar-refractivity contribution in [3.8, 4) is 11.5 Å². The molecule has 144 valence electrons. The van der Waals surface area contributed by atoms with Gasteiger partial charge in [-0.3, -0.25) is 4.55 Å². The van der Waals surface area contributed by atoms with Crippen molar-refractivity contribution in [2.45, 2.75) is 45.4 Å². The van der Waals surface area contributed by atoms with Crippen molar-refractivity contribution in [2.75, 3.05) is 13.2 Å². The van der Waals surface area contributed by atoms with E-state index < -0.39 is 10.1 Å². The molecule has 0 atom stereocenters. The van der Waals surface area contributed by atoms with E-state index in [0.29, 0.717) is 41.9 Å². The molecule has 0 aliphatic carbocycles. The van der Waals surface area contributed by atoms with Gasteiger partial charge >= 0.3 is 0 Å². The first kappa shape index (κ1) is 20.5. The van der Waals surface area contributed by atoms with E-state index in [0.717, 1.165) is 18.2 Å². The predicted molar refractivity (Wildman–Crippen MR) is 104 cm³/mol. The summed E-state index contributed by atoms with van der Waals surface area (Å²) in [6.45, 7) is 9.56. The molecule has 2 aromatic carbocycles. The van der Waals surface area contributed by atoms with E-state index in [4.69, 9.17) is 9.47 Å². The summed E-state index contributed by atoms with van der Waals surface area (Å²) in [5, 5.41) is 1.44. The second-order valence-corrected chi connectivity index (χ2v) is 8.76. The zero-order valence-electron chi connectivity index (χ0n) is 15.9. The van der Waals surface area contributed by atoms with E-state index in [2.05, 4.69) is 27.7 Å². The molecule has 0 aliphatic rings. The van der Waals surface area contributed by atoms with Crippen LogP contribution in [0.1, 0.15) is 40.5 Å². The molecule has 0 radical (unpaired) electrons. The molecule has 2 aromatic rings. The molecule has 0 heterocycles. The van der Waals surface area contributed by atoms with Gasteiger partial charge in [-0.1, -0.05) is 33.8 Å². The third-order valence-corrected chi connectivity index (χ3v) is 4.91. The standard InChI is InChI=1S/C20H28O5S/c1-14(2)7-9-24-17-6-5-16-11-18(26(21,22)23)13-20(19(16)12-17)25-10-8-15(3)4/h5-6,11-15H,7-10H2,1-4H3,(H,21,22,23). The van der Waals surface area contributed by atoms with Crippen LogP contribution in [-0.2, 0) is 10.1 Å². The van der Waals surface area contributed by atoms with Gasteiger partial charge in [0.2, 0.25) is 0 Å². The molecule has 2 rings (SSSR count). The van der Waals surface area contributed by atoms with Crippen molar-refractivity contribution in [1.29, 1.82) is 0 Å². The van der Waals surface area contributed by atoms with E-state index >= 15 is 0 Å². The van der Waals surface area contributed by atoms with Crippen LogP contribution in [0.2, 0.25) is 0 Å². The Morgan fingerprint density at radius 3 is 2.12 bits per heavy atom. The molecule has 0 unspecified atom stereocenters. The molecule has 0 saturated carbocycles. The Kier molecular flexibility index (Phi) is 6.89. The lowest BCUT2D eigenvalue weighted by Crippen LogP contribution is -2.04. The Hall–Kier alpha value is -1.79. The molecule has 0 aliphatic heterocycles. The van der Waals surface area contributed by atoms with Crippen LogP contribution >= 0.6 is 0 Å². The van der Waals surface area contributed by atoms with Crippen molar-refractivity contribution in [3.05, 3.63) is 30.3 Å². The average molecular weight is 381 g/mol. The topological polar surface area (TPSA) is 72.8 Å². The van der Waals surface area contributed by atoms with Crippen LogP contribution < -0.4 is 9.47 Å². The summed E-state index contributed by atoms with van der Waals surface area (Å²) in [4.78, 5) is -0.168. The van der Waals surface area contributed by atoms with Gasteiger partial charge in [0.25, 0.3) is 10.1 Å². The third-order valence-electron chi connectivity index (χ3n) is 4.08. The summed E-state index contributed by atoms with van der Waals surface area (Å²) in [6, 6.07) is 8.25. The van der Waals surface area contributed by atoms with Crippen molar-refractivity contribution in [1.82, 2.24) is 0 Å². The SMILES string of the molecule is CC(C)CCOc1ccc2cc(S(=O)(=O)O)cc(OCCC(C)C)c2c1. The number of ether oxygens (including phenoxy) is 2. The van der Waals surface area contributed by atoms with Crippen LogP contribution in [0.3, 0.4) is 0 Å². The normalized spacial score (nSPS) is 12.1. The molecule has 26 heavy (non-hydrogen) atoms. The van der Waals surface area contributed by atoms with Crippen molar-refractivity contribution >= 4 is 20.9 Å². The fourth-order valence-electron chi connectivity index (χ4n) is 2.45. The Balaban J connectivity index is 2.36. The quantitative estimate of drug-likeness (QED) is 0.624. The highest BCUT2D eigenvalue weighted by Gasteiger charge is 2.15. The molecule has 6 heteroatoms. The van der Waals surface area contributed by atoms with Crippen LogP contribution in [0.25, 0.3) is 10.8 Å². The molecule has 1 N–H and O–H groups in total. The molecule has 5 nitrogen and oxygen atoms in total. The highest BCUT2D eigenvalue weighted by Crippen LogP contribution is 2.33. The van der Waals surface area contributed by atoms with Crippen molar-refractivity contribution in [2.24, 2.45) is 11.8 Å². The van der Waals surface area contributed by atoms with Crippen molar-refractivity contribution in [3.63, 3.8) is 0 Å². The highest BCUT2D eigenvalue weighted by atomic mass is 32.2. The van der Waals surface area contributed by atoms with Crippen molar-refractivity contribution < 1.29 is 22.4 Å². The summed E-state index contributed by atoms with van der Waals surface area (Å²) < 4.78 is 44.1. The molecule has 0 amide bonds. The van der Waals surface area contributed by atoms with E-state index in [-0.39, 0.29) is 4.90 Å². The van der Waals surface area contributed by atoms with Gasteiger partial charge in [0.15, 0.2) is 0 Å². The maximum Gasteiger partial charge on any atom is 0.294 e. The van der Waals surface area contributed by atoms with Crippen LogP contribution in [0.4, 0.5) is 0 Å². The second kappa shape index (κ2) is 8.73. The van der Waals surface area contributed by atoms with Gasteiger partial charge in [-0.05, 0) is 48.3 Å². The Morgan fingerprint density at radius 2 is 1.54 bits per heavy atom. The predicted octanol–water partition coefficient (Wildman–Crippen LogP) is 4.94. The molecule has 0 bridgehead atoms. The highest BCUT2D eigenvalue weighted by molar-refractivity contribution is 7.85. The second-order valence-electron chi connectivity index (χ2n) is 7.34. The largest absolute Gasteiger partial charge is 0.494 e. The summed E-state index contributed by atoms with van der Waals surface area (Å²) >= 11 is 0. The smallest absolute Gasteiger partial charge is 0.294 e. The summed E-state index contributed by atoms with van der Waals surface area (Å²) in [5.74, 6) is 2.18. The Morgan fingerprint density at radius 1 is 0.923 bits per heavy atom. The van der Waals surface area contributed by atoms with E-state index in [1.54, 1.807) is 12.1 Å². The summed E-state index contributed by atoms with van der Waals surface area (Å²) in [5.41, 5.74) is 0. The molecule has 0 aromatic heterocycles. The number of hydrogen-bond acceptors (Lipinski definition) is 4. The number of hydrogen-bond donors (Lipinski definition) is 1. The van der Waals surface area contributed by atoms with Crippen LogP contribution in [0.5, 0.6) is 11.5 Å². The Bertz CT molecular complexity index is 841. The summed E-state index contributed by atoms with van der Waals surface area (Å²) in [6.07, 6.45) is 1.81. The summed E-state index contributed by atoms with van der Waals surface area (Å²) in [7, 11) is -4.30. The van der Waals surface area contributed by atoms with Gasteiger partial charge < -0.3 is 9.47 Å². The van der Waals surface area contributed by atoms with E-state index in [1.807, 2.05) is 6.07 Å². The minimum Gasteiger partial charge on any atom is -0.494 e. The van der Waals surface area contributed by atoms with E-state index in [1.165, 1.54) is 12.1 Å². The fraction of sp³-hybridized carbons (Fsp3) is 0.500. The van der Waals surface area contributed by atoms with Gasteiger partial charge in [-0.15, -0.1) is 0 Å². The third kappa shape index (κ3) is 5.88. The molecule has 0 saturated heterocycles. The number of benzene rings is 2. The first-order valence-corrected chi connectivity index (χ1v) is 10.4. The van der Waals surface area contributed by atoms with Gasteiger partial charge in [-0.25, -0.2) is 0 Å². The van der Waals surface area contributed by atoms with Gasteiger partial charge in [0.05, 0.1) is 18.1 Å². The molecular weight excluding hydrogens is 352 g/mol. The maximum absolute atomic E-state index is 11.6. The fourth-order valence-corrected chi connectivity index (χ4v) is 2.98. The van der Waals surface area contributed by atoms with Gasteiger partial charge in [-0.2, -0.15) is 8.42 Å². The minimum atomic E-state index is -4.30.